The van der Waals surface area contributed by atoms with Gasteiger partial charge in [0.05, 0.1) is 12.7 Å². The van der Waals surface area contributed by atoms with Gasteiger partial charge in [0.25, 0.3) is 5.91 Å². The van der Waals surface area contributed by atoms with Gasteiger partial charge in [-0.05, 0) is 6.42 Å². The number of piperidine rings is 1. The number of rotatable bonds is 1. The lowest BCUT2D eigenvalue weighted by atomic mass is 10.1. The second-order valence-electron chi connectivity index (χ2n) is 3.22. The summed E-state index contributed by atoms with van der Waals surface area (Å²) >= 11 is 0. The first-order valence-electron chi connectivity index (χ1n) is 4.44. The number of nitrogens with zero attached hydrogens (tertiary/aromatic N) is 3. The van der Waals surface area contributed by atoms with Crippen LogP contribution in [0, 0.1) is 0 Å². The van der Waals surface area contributed by atoms with Gasteiger partial charge in [-0.15, -0.1) is 0 Å². The van der Waals surface area contributed by atoms with Crippen LogP contribution in [0.4, 0.5) is 0 Å². The zero-order valence-corrected chi connectivity index (χ0v) is 7.56. The van der Waals surface area contributed by atoms with E-state index in [2.05, 4.69) is 15.4 Å². The first-order valence-corrected chi connectivity index (χ1v) is 4.44. The van der Waals surface area contributed by atoms with Gasteiger partial charge in [-0.25, -0.2) is 0 Å². The second kappa shape index (κ2) is 3.57. The second-order valence-corrected chi connectivity index (χ2v) is 3.22. The van der Waals surface area contributed by atoms with Crippen molar-refractivity contribution in [2.45, 2.75) is 12.8 Å². The third-order valence-corrected chi connectivity index (χ3v) is 2.17. The lowest BCUT2D eigenvalue weighted by Crippen LogP contribution is -2.40. The summed E-state index contributed by atoms with van der Waals surface area (Å²) < 4.78 is 0. The summed E-state index contributed by atoms with van der Waals surface area (Å²) in [5.74, 6) is -0.125. The minimum atomic E-state index is -0.230. The highest BCUT2D eigenvalue weighted by molar-refractivity contribution is 5.95. The average molecular weight is 194 g/mol. The molecule has 6 heteroatoms. The van der Waals surface area contributed by atoms with E-state index in [4.69, 9.17) is 0 Å². The summed E-state index contributed by atoms with van der Waals surface area (Å²) in [4.78, 5) is 24.3. The smallest absolute Gasteiger partial charge is 0.276 e. The normalized spacial score (nSPS) is 17.1. The summed E-state index contributed by atoms with van der Waals surface area (Å²) in [5.41, 5.74) is 0.264. The number of likely N-dealkylation sites (tertiary alicyclic amines) is 1. The van der Waals surface area contributed by atoms with Gasteiger partial charge in [0.15, 0.2) is 11.5 Å². The molecule has 0 atom stereocenters. The molecular weight excluding hydrogens is 184 g/mol. The van der Waals surface area contributed by atoms with Crippen LogP contribution < -0.4 is 0 Å². The van der Waals surface area contributed by atoms with E-state index in [1.54, 1.807) is 0 Å². The first kappa shape index (κ1) is 8.86. The number of nitrogens with one attached hydrogen (secondary N) is 1. The highest BCUT2D eigenvalue weighted by Crippen LogP contribution is 2.08. The zero-order valence-electron chi connectivity index (χ0n) is 7.56. The van der Waals surface area contributed by atoms with Gasteiger partial charge in [0, 0.05) is 13.0 Å². The van der Waals surface area contributed by atoms with Gasteiger partial charge >= 0.3 is 0 Å². The van der Waals surface area contributed by atoms with Crippen LogP contribution >= 0.6 is 0 Å². The molecule has 1 aliphatic rings. The molecule has 1 aromatic rings. The molecule has 0 aromatic carbocycles. The number of H-pyrrole nitrogens is 1. The number of carbonyl (C=O) groups excluding carboxylic acids is 2. The summed E-state index contributed by atoms with van der Waals surface area (Å²) in [6, 6.07) is 0. The van der Waals surface area contributed by atoms with Crippen molar-refractivity contribution in [3.05, 3.63) is 11.9 Å². The number of amides is 1. The van der Waals surface area contributed by atoms with Crippen LogP contribution in [0.3, 0.4) is 0 Å². The maximum atomic E-state index is 11.7. The molecule has 1 aromatic heterocycles. The number of hydrogen-bond acceptors (Lipinski definition) is 4. The van der Waals surface area contributed by atoms with Gasteiger partial charge in [0.2, 0.25) is 0 Å². The highest BCUT2D eigenvalue weighted by atomic mass is 16.2. The topological polar surface area (TPSA) is 79.0 Å². The standard InChI is InChI=1S/C8H10N4O2/c13-6-2-1-3-12(5-6)8(14)7-4-9-11-10-7/h4H,1-3,5H2,(H,9,10,11). The fraction of sp³-hybridized carbons (Fsp3) is 0.500. The zero-order chi connectivity index (χ0) is 9.97. The van der Waals surface area contributed by atoms with E-state index < -0.39 is 0 Å². The molecule has 6 nitrogen and oxygen atoms in total. The van der Waals surface area contributed by atoms with Crippen LogP contribution in [-0.2, 0) is 4.79 Å². The third kappa shape index (κ3) is 1.63. The minimum Gasteiger partial charge on any atom is -0.330 e. The Morgan fingerprint density at radius 2 is 2.43 bits per heavy atom. The Hall–Kier alpha value is -1.72. The van der Waals surface area contributed by atoms with E-state index in [1.165, 1.54) is 11.1 Å². The predicted octanol–water partition coefficient (Wildman–Crippen LogP) is -0.390. The summed E-state index contributed by atoms with van der Waals surface area (Å²) in [5, 5.41) is 9.59. The molecule has 2 rings (SSSR count). The molecule has 1 fully saturated rings. The van der Waals surface area contributed by atoms with Gasteiger partial charge in [-0.2, -0.15) is 15.4 Å². The lowest BCUT2D eigenvalue weighted by molar-refractivity contribution is -0.121. The maximum Gasteiger partial charge on any atom is 0.276 e. The number of aromatic nitrogens is 3. The van der Waals surface area contributed by atoms with Crippen molar-refractivity contribution in [3.63, 3.8) is 0 Å². The van der Waals surface area contributed by atoms with E-state index in [-0.39, 0.29) is 23.9 Å². The molecule has 1 amide bonds. The Kier molecular flexibility index (Phi) is 2.26. The maximum absolute atomic E-state index is 11.7. The first-order chi connectivity index (χ1) is 6.77. The van der Waals surface area contributed by atoms with Crippen molar-refractivity contribution in [3.8, 4) is 0 Å². The van der Waals surface area contributed by atoms with Crippen LogP contribution in [0.1, 0.15) is 23.3 Å². The van der Waals surface area contributed by atoms with Gasteiger partial charge in [0.1, 0.15) is 0 Å². The quantitative estimate of drug-likeness (QED) is 0.660. The van der Waals surface area contributed by atoms with E-state index in [0.29, 0.717) is 13.0 Å². The van der Waals surface area contributed by atoms with Crippen LogP contribution in [-0.4, -0.2) is 45.1 Å². The molecule has 0 spiro atoms. The van der Waals surface area contributed by atoms with Crippen molar-refractivity contribution in [2.24, 2.45) is 0 Å². The molecule has 0 bridgehead atoms. The highest BCUT2D eigenvalue weighted by Gasteiger charge is 2.23. The third-order valence-electron chi connectivity index (χ3n) is 2.17. The molecule has 0 unspecified atom stereocenters. The predicted molar refractivity (Wildman–Crippen MR) is 46.5 cm³/mol. The summed E-state index contributed by atoms with van der Waals surface area (Å²) in [6.45, 7) is 0.823. The fourth-order valence-electron chi connectivity index (χ4n) is 1.48. The fourth-order valence-corrected chi connectivity index (χ4v) is 1.48. The average Bonchev–Trinajstić information content (AvgIpc) is 2.69. The SMILES string of the molecule is O=C1CCCN(C(=O)c2cn[nH]n2)C1. The van der Waals surface area contributed by atoms with E-state index in [1.807, 2.05) is 0 Å². The van der Waals surface area contributed by atoms with Crippen LogP contribution in [0.5, 0.6) is 0 Å². The Morgan fingerprint density at radius 3 is 3.07 bits per heavy atom. The molecule has 2 heterocycles. The van der Waals surface area contributed by atoms with E-state index in [9.17, 15) is 9.59 Å². The van der Waals surface area contributed by atoms with Crippen LogP contribution in [0.25, 0.3) is 0 Å². The molecular formula is C8H10N4O2. The Labute approximate surface area is 80.3 Å². The number of Topliss-reactive ketones (excluding diaryl/α,β-unsaturated/α-hetero) is 1. The molecule has 1 saturated heterocycles. The molecule has 1 aliphatic heterocycles. The molecule has 14 heavy (non-hydrogen) atoms. The number of ketones is 1. The van der Waals surface area contributed by atoms with E-state index in [0.717, 1.165) is 6.42 Å². The van der Waals surface area contributed by atoms with Crippen molar-refractivity contribution in [1.82, 2.24) is 20.3 Å². The molecule has 0 radical (unpaired) electrons. The Morgan fingerprint density at radius 1 is 1.57 bits per heavy atom. The molecule has 0 aliphatic carbocycles. The molecule has 0 saturated carbocycles. The van der Waals surface area contributed by atoms with Crippen LogP contribution in [0.15, 0.2) is 6.20 Å². The summed E-state index contributed by atoms with van der Waals surface area (Å²) in [6.07, 6.45) is 2.67. The van der Waals surface area contributed by atoms with Crippen molar-refractivity contribution >= 4 is 11.7 Å². The number of hydrogen-bond donors (Lipinski definition) is 1. The van der Waals surface area contributed by atoms with Crippen molar-refractivity contribution < 1.29 is 9.59 Å². The minimum absolute atomic E-state index is 0.105. The monoisotopic (exact) mass is 194 g/mol. The largest absolute Gasteiger partial charge is 0.330 e. The lowest BCUT2D eigenvalue weighted by Gasteiger charge is -2.24. The molecule has 1 N–H and O–H groups in total. The van der Waals surface area contributed by atoms with Crippen LogP contribution in [0.2, 0.25) is 0 Å². The number of carbonyl (C=O) groups is 2. The van der Waals surface area contributed by atoms with Crippen molar-refractivity contribution in [2.75, 3.05) is 13.1 Å². The van der Waals surface area contributed by atoms with Gasteiger partial charge in [-0.1, -0.05) is 0 Å². The molecule has 74 valence electrons. The Bertz CT molecular complexity index is 346. The van der Waals surface area contributed by atoms with Gasteiger partial charge in [-0.3, -0.25) is 9.59 Å². The van der Waals surface area contributed by atoms with E-state index >= 15 is 0 Å². The summed E-state index contributed by atoms with van der Waals surface area (Å²) in [7, 11) is 0. The van der Waals surface area contributed by atoms with Crippen molar-refractivity contribution in [1.29, 1.82) is 0 Å². The number of aromatic amines is 1. The Balaban J connectivity index is 2.08. The van der Waals surface area contributed by atoms with Gasteiger partial charge < -0.3 is 4.90 Å².